The fourth-order valence-electron chi connectivity index (χ4n) is 10.6. The van der Waals surface area contributed by atoms with E-state index in [4.69, 9.17) is 15.2 Å². The lowest BCUT2D eigenvalue weighted by molar-refractivity contribution is -0.132. The highest BCUT2D eigenvalue weighted by Crippen LogP contribution is 2.29. The Morgan fingerprint density at radius 3 is 2.29 bits per heavy atom. The van der Waals surface area contributed by atoms with Crippen LogP contribution in [0.4, 0.5) is 5.82 Å². The Morgan fingerprint density at radius 2 is 1.52 bits per heavy atom. The summed E-state index contributed by atoms with van der Waals surface area (Å²) in [7, 11) is 3.89. The summed E-state index contributed by atoms with van der Waals surface area (Å²) < 4.78 is 17.2. The molecule has 0 spiro atoms. The van der Waals surface area contributed by atoms with E-state index in [-0.39, 0.29) is 53.5 Å². The minimum Gasteiger partial charge on any atom is -0.383 e. The molecule has 2 aliphatic carbocycles. The van der Waals surface area contributed by atoms with Crippen molar-refractivity contribution in [2.75, 3.05) is 58.7 Å². The van der Waals surface area contributed by atoms with E-state index in [2.05, 4.69) is 86.1 Å². The Hall–Kier alpha value is -6.79. The number of pyridine rings is 1. The van der Waals surface area contributed by atoms with Crippen molar-refractivity contribution in [3.8, 4) is 22.3 Å². The van der Waals surface area contributed by atoms with Gasteiger partial charge in [0, 0.05) is 102 Å². The third-order valence-electron chi connectivity index (χ3n) is 15.1. The van der Waals surface area contributed by atoms with Crippen molar-refractivity contribution in [2.45, 2.75) is 115 Å². The number of fused-ring (bicyclic) bond motifs is 1. The zero-order valence-electron chi connectivity index (χ0n) is 43.5. The van der Waals surface area contributed by atoms with E-state index >= 15 is 0 Å². The Labute approximate surface area is 438 Å². The number of anilines is 1. The van der Waals surface area contributed by atoms with Gasteiger partial charge in [-0.05, 0) is 111 Å². The summed E-state index contributed by atoms with van der Waals surface area (Å²) in [6.07, 6.45) is 12.6. The monoisotopic (exact) mass is 1020 g/mol. The topological polar surface area (TPSA) is 201 Å². The van der Waals surface area contributed by atoms with E-state index < -0.39 is 6.04 Å². The molecular formula is C58H72N10O7. The van der Waals surface area contributed by atoms with E-state index in [1.54, 1.807) is 34.6 Å². The minimum absolute atomic E-state index is 0.00430. The fraction of sp³-hybridized carbons (Fsp3) is 0.466. The number of ether oxygens (including phenoxy) is 2. The van der Waals surface area contributed by atoms with Crippen LogP contribution in [0.25, 0.3) is 33.3 Å². The number of aryl methyl sites for hydroxylation is 3. The Kier molecular flexibility index (Phi) is 17.8. The van der Waals surface area contributed by atoms with Crippen LogP contribution < -0.4 is 22.1 Å². The summed E-state index contributed by atoms with van der Waals surface area (Å²) in [6, 6.07) is 24.3. The SMILES string of the molecule is CN1CCN(Cc2ccc(-c3ccc(CO[C@H]4CCC[C@@H]4NC(=O)c4cc(-c5cnn(CCCCC(=O)NCCCOCCCc6ccc7c(c6)n(C)c(=O)n7C6CCC(=O)CC6=O)c5)cnc4N)cc3)cc2)CC1. The third kappa shape index (κ3) is 13.7. The van der Waals surface area contributed by atoms with Gasteiger partial charge in [-0.3, -0.25) is 37.9 Å². The predicted octanol–water partition coefficient (Wildman–Crippen LogP) is 6.65. The number of likely N-dealkylation sites (N-methyl/N-ethyl adjacent to an activating group) is 1. The van der Waals surface area contributed by atoms with Crippen LogP contribution in [0.5, 0.6) is 0 Å². The zero-order valence-corrected chi connectivity index (χ0v) is 43.5. The molecule has 17 nitrogen and oxygen atoms in total. The summed E-state index contributed by atoms with van der Waals surface area (Å²) in [5, 5.41) is 10.7. The maximum atomic E-state index is 13.7. The average Bonchev–Trinajstić information content (AvgIpc) is 4.14. The van der Waals surface area contributed by atoms with Crippen LogP contribution in [0, 0.1) is 0 Å². The van der Waals surface area contributed by atoms with Gasteiger partial charge >= 0.3 is 5.69 Å². The zero-order chi connectivity index (χ0) is 52.3. The van der Waals surface area contributed by atoms with E-state index in [1.807, 2.05) is 29.1 Å². The molecule has 3 aromatic heterocycles. The molecule has 0 bridgehead atoms. The van der Waals surface area contributed by atoms with E-state index in [1.165, 1.54) is 16.7 Å². The van der Waals surface area contributed by atoms with E-state index in [0.29, 0.717) is 76.1 Å². The minimum atomic E-state index is -0.598. The lowest BCUT2D eigenvalue weighted by Gasteiger charge is -2.32. The first-order chi connectivity index (χ1) is 36.4. The summed E-state index contributed by atoms with van der Waals surface area (Å²) in [5.41, 5.74) is 15.2. The normalized spacial score (nSPS) is 18.5. The molecular weight excluding hydrogens is 949 g/mol. The van der Waals surface area contributed by atoms with Crippen molar-refractivity contribution in [2.24, 2.45) is 7.05 Å². The van der Waals surface area contributed by atoms with Gasteiger partial charge in [0.15, 0.2) is 5.78 Å². The number of amides is 2. The maximum Gasteiger partial charge on any atom is 0.329 e. The molecule has 4 heterocycles. The van der Waals surface area contributed by atoms with Gasteiger partial charge in [0.05, 0.1) is 54.0 Å². The van der Waals surface area contributed by atoms with Crippen LogP contribution in [-0.2, 0) is 57.0 Å². The van der Waals surface area contributed by atoms with Gasteiger partial charge in [0.1, 0.15) is 11.6 Å². The number of unbranched alkanes of at least 4 members (excludes halogenated alkanes) is 1. The summed E-state index contributed by atoms with van der Waals surface area (Å²) in [4.78, 5) is 72.9. The molecule has 75 heavy (non-hydrogen) atoms. The van der Waals surface area contributed by atoms with Crippen molar-refractivity contribution in [1.29, 1.82) is 0 Å². The molecule has 1 aliphatic heterocycles. The highest BCUT2D eigenvalue weighted by molar-refractivity contribution is 6.03. The van der Waals surface area contributed by atoms with Crippen LogP contribution in [-0.4, -0.2) is 122 Å². The van der Waals surface area contributed by atoms with Crippen LogP contribution in [0.3, 0.4) is 0 Å². The largest absolute Gasteiger partial charge is 0.383 e. The average molecular weight is 1020 g/mol. The number of ketones is 2. The van der Waals surface area contributed by atoms with Crippen molar-refractivity contribution in [3.05, 3.63) is 124 Å². The van der Waals surface area contributed by atoms with Gasteiger partial charge < -0.3 is 30.7 Å². The van der Waals surface area contributed by atoms with Gasteiger partial charge in [-0.15, -0.1) is 0 Å². The molecule has 6 aromatic rings. The number of carbonyl (C=O) groups is 4. The highest BCUT2D eigenvalue weighted by atomic mass is 16.5. The number of nitrogens with zero attached hydrogens (tertiary/aromatic N) is 7. The number of Topliss-reactive ketones (excluding diaryl/α,β-unsaturated/α-hetero) is 2. The number of nitrogen functional groups attached to an aromatic ring is 1. The number of imidazole rings is 1. The molecule has 9 rings (SSSR count). The van der Waals surface area contributed by atoms with Gasteiger partial charge in [-0.1, -0.05) is 54.6 Å². The van der Waals surface area contributed by atoms with Crippen molar-refractivity contribution >= 4 is 40.2 Å². The van der Waals surface area contributed by atoms with Gasteiger partial charge in [0.25, 0.3) is 5.91 Å². The second-order valence-electron chi connectivity index (χ2n) is 20.6. The number of rotatable bonds is 23. The molecule has 1 unspecified atom stereocenters. The molecule has 2 saturated carbocycles. The first kappa shape index (κ1) is 53.1. The van der Waals surface area contributed by atoms with Crippen molar-refractivity contribution in [1.82, 2.24) is 44.3 Å². The summed E-state index contributed by atoms with van der Waals surface area (Å²) >= 11 is 0. The number of hydrogen-bond acceptors (Lipinski definition) is 12. The first-order valence-corrected chi connectivity index (χ1v) is 26.8. The molecule has 2 amide bonds. The van der Waals surface area contributed by atoms with Crippen molar-refractivity contribution < 1.29 is 28.7 Å². The molecule has 4 N–H and O–H groups in total. The maximum absolute atomic E-state index is 13.7. The van der Waals surface area contributed by atoms with Gasteiger partial charge in [-0.25, -0.2) is 9.78 Å². The molecule has 3 fully saturated rings. The Morgan fingerprint density at radius 1 is 0.773 bits per heavy atom. The number of nitrogens with two attached hydrogens (primary N) is 1. The highest BCUT2D eigenvalue weighted by Gasteiger charge is 2.32. The van der Waals surface area contributed by atoms with Crippen LogP contribution in [0.15, 0.2) is 96.2 Å². The molecule has 3 aliphatic rings. The first-order valence-electron chi connectivity index (χ1n) is 26.8. The number of aromatic nitrogens is 5. The Bertz CT molecular complexity index is 2990. The molecule has 17 heteroatoms. The third-order valence-corrected chi connectivity index (χ3v) is 15.1. The lowest BCUT2D eigenvalue weighted by Crippen LogP contribution is -2.43. The van der Waals surface area contributed by atoms with Crippen LogP contribution in [0.2, 0.25) is 0 Å². The Balaban J connectivity index is 0.642. The second kappa shape index (κ2) is 25.2. The number of nitrogens with one attached hydrogen (secondary N) is 2. The number of piperazine rings is 1. The van der Waals surface area contributed by atoms with E-state index in [0.717, 1.165) is 99.0 Å². The smallest absolute Gasteiger partial charge is 0.329 e. The molecule has 3 aromatic carbocycles. The second-order valence-corrected chi connectivity index (χ2v) is 20.6. The number of benzene rings is 3. The van der Waals surface area contributed by atoms with Crippen molar-refractivity contribution in [3.63, 3.8) is 0 Å². The number of carbonyl (C=O) groups excluding carboxylic acids is 4. The lowest BCUT2D eigenvalue weighted by atomic mass is 9.92. The standard InChI is InChI=1S/C58H72N10O7/c1-64-26-28-66(29-27-64)37-41-12-17-43(18-13-41)44-19-14-42(15-20-44)39-75-54-10-5-9-49(54)63-57(72)48-33-45(35-61-56(48)59)46-36-62-67(38-46)25-4-3-11-55(71)60-24-7-31-74-30-6-8-40-16-22-50-52(32-40)65(2)58(73)68(50)51-23-21-47(69)34-53(51)70/h12-20,22,32-33,35-36,38,49,51,54H,3-11,21,23-31,34,37,39H2,1-2H3,(H2,59,61)(H,60,71)(H,63,72)/t49-,51?,54-/m0/s1. The molecule has 1 saturated heterocycles. The molecule has 396 valence electrons. The predicted molar refractivity (Wildman–Crippen MR) is 289 cm³/mol. The van der Waals surface area contributed by atoms with Gasteiger partial charge in [-0.2, -0.15) is 5.10 Å². The molecule has 0 radical (unpaired) electrons. The summed E-state index contributed by atoms with van der Waals surface area (Å²) in [6.45, 7) is 8.18. The quantitative estimate of drug-likeness (QED) is 0.0457. The van der Waals surface area contributed by atoms with Crippen LogP contribution >= 0.6 is 0 Å². The van der Waals surface area contributed by atoms with Gasteiger partial charge in [0.2, 0.25) is 5.91 Å². The summed E-state index contributed by atoms with van der Waals surface area (Å²) in [5.74, 6) is -0.374. The molecule has 3 atom stereocenters. The number of hydrogen-bond donors (Lipinski definition) is 3. The fourth-order valence-corrected chi connectivity index (χ4v) is 10.6. The van der Waals surface area contributed by atoms with E-state index in [9.17, 15) is 24.0 Å². The van der Waals surface area contributed by atoms with Crippen LogP contribution in [0.1, 0.15) is 104 Å².